The SMILES string of the molecule is CCCN(C(=O)c1ccc(C)cc1)C(C)c1nc2ccccc2c(=O)n1-c1ccccc1CC. The molecule has 0 N–H and O–H groups in total. The van der Waals surface area contributed by atoms with E-state index in [1.54, 1.807) is 4.57 Å². The standard InChI is InChI=1S/C29H31N3O2/c1-5-19-31(28(33)23-17-15-20(3)16-18-23)21(4)27-30-25-13-9-8-12-24(25)29(34)32(27)26-14-10-7-11-22(26)6-2/h7-18,21H,5-6,19H2,1-4H3. The van der Waals surface area contributed by atoms with Gasteiger partial charge in [-0.05, 0) is 62.6 Å². The monoisotopic (exact) mass is 453 g/mol. The van der Waals surface area contributed by atoms with Crippen LogP contribution in [-0.2, 0) is 6.42 Å². The van der Waals surface area contributed by atoms with Gasteiger partial charge in [0.2, 0.25) is 0 Å². The third-order valence-corrected chi connectivity index (χ3v) is 6.28. The van der Waals surface area contributed by atoms with E-state index in [-0.39, 0.29) is 11.5 Å². The fraction of sp³-hybridized carbons (Fsp3) is 0.276. The lowest BCUT2D eigenvalue weighted by atomic mass is 10.1. The molecule has 1 atom stereocenters. The second-order valence-electron chi connectivity index (χ2n) is 8.65. The van der Waals surface area contributed by atoms with Crippen LogP contribution in [0, 0.1) is 6.92 Å². The van der Waals surface area contributed by atoms with Crippen LogP contribution in [0.4, 0.5) is 0 Å². The molecule has 1 unspecified atom stereocenters. The van der Waals surface area contributed by atoms with Crippen molar-refractivity contribution in [2.24, 2.45) is 0 Å². The Morgan fingerprint density at radius 2 is 1.65 bits per heavy atom. The van der Waals surface area contributed by atoms with Crippen molar-refractivity contribution in [2.75, 3.05) is 6.54 Å². The Morgan fingerprint density at radius 3 is 2.35 bits per heavy atom. The van der Waals surface area contributed by atoms with E-state index >= 15 is 0 Å². The van der Waals surface area contributed by atoms with Gasteiger partial charge in [0.25, 0.3) is 11.5 Å². The molecule has 1 heterocycles. The minimum absolute atomic E-state index is 0.0629. The smallest absolute Gasteiger partial charge is 0.266 e. The zero-order valence-corrected chi connectivity index (χ0v) is 20.3. The largest absolute Gasteiger partial charge is 0.329 e. The molecule has 5 heteroatoms. The van der Waals surface area contributed by atoms with Crippen LogP contribution in [0.5, 0.6) is 0 Å². The summed E-state index contributed by atoms with van der Waals surface area (Å²) in [4.78, 5) is 34.2. The van der Waals surface area contributed by atoms with Gasteiger partial charge in [-0.3, -0.25) is 14.2 Å². The summed E-state index contributed by atoms with van der Waals surface area (Å²) < 4.78 is 1.71. The predicted octanol–water partition coefficient (Wildman–Crippen LogP) is 5.87. The highest BCUT2D eigenvalue weighted by Gasteiger charge is 2.27. The van der Waals surface area contributed by atoms with Crippen LogP contribution in [-0.4, -0.2) is 26.9 Å². The van der Waals surface area contributed by atoms with E-state index in [9.17, 15) is 9.59 Å². The predicted molar refractivity (Wildman–Crippen MR) is 138 cm³/mol. The molecule has 34 heavy (non-hydrogen) atoms. The van der Waals surface area contributed by atoms with Crippen LogP contribution in [0.2, 0.25) is 0 Å². The molecule has 0 saturated carbocycles. The van der Waals surface area contributed by atoms with E-state index in [0.717, 1.165) is 29.7 Å². The molecule has 0 bridgehead atoms. The summed E-state index contributed by atoms with van der Waals surface area (Å²) >= 11 is 0. The molecule has 0 saturated heterocycles. The number of para-hydroxylation sites is 2. The number of fused-ring (bicyclic) bond motifs is 1. The van der Waals surface area contributed by atoms with Crippen LogP contribution < -0.4 is 5.56 Å². The molecular weight excluding hydrogens is 422 g/mol. The Bertz CT molecular complexity index is 1370. The number of carbonyl (C=O) groups excluding carboxylic acids is 1. The Labute approximate surface area is 200 Å². The molecule has 174 valence electrons. The molecule has 0 aliphatic rings. The number of carbonyl (C=O) groups is 1. The summed E-state index contributed by atoms with van der Waals surface area (Å²) in [6.45, 7) is 8.65. The molecule has 1 amide bonds. The number of benzene rings is 3. The number of aryl methyl sites for hydroxylation is 2. The van der Waals surface area contributed by atoms with E-state index < -0.39 is 6.04 Å². The Balaban J connectivity index is 1.93. The average molecular weight is 454 g/mol. The highest BCUT2D eigenvalue weighted by atomic mass is 16.2. The molecule has 0 spiro atoms. The lowest BCUT2D eigenvalue weighted by Crippen LogP contribution is -2.38. The van der Waals surface area contributed by atoms with E-state index in [1.807, 2.05) is 91.5 Å². The number of nitrogens with zero attached hydrogens (tertiary/aromatic N) is 3. The first kappa shape index (κ1) is 23.4. The van der Waals surface area contributed by atoms with E-state index in [4.69, 9.17) is 4.98 Å². The first-order valence-electron chi connectivity index (χ1n) is 11.9. The van der Waals surface area contributed by atoms with Crippen molar-refractivity contribution >= 4 is 16.8 Å². The first-order chi connectivity index (χ1) is 16.5. The van der Waals surface area contributed by atoms with Gasteiger partial charge in [-0.2, -0.15) is 0 Å². The van der Waals surface area contributed by atoms with Crippen molar-refractivity contribution in [2.45, 2.75) is 46.6 Å². The summed E-state index contributed by atoms with van der Waals surface area (Å²) in [5, 5.41) is 0.566. The summed E-state index contributed by atoms with van der Waals surface area (Å²) in [6, 6.07) is 22.5. The maximum atomic E-state index is 13.8. The lowest BCUT2D eigenvalue weighted by Gasteiger charge is -2.31. The summed E-state index contributed by atoms with van der Waals surface area (Å²) in [5.74, 6) is 0.505. The van der Waals surface area contributed by atoms with Crippen molar-refractivity contribution in [3.05, 3.63) is 106 Å². The van der Waals surface area contributed by atoms with Crippen molar-refractivity contribution in [1.29, 1.82) is 0 Å². The van der Waals surface area contributed by atoms with Gasteiger partial charge in [0.1, 0.15) is 5.82 Å². The van der Waals surface area contributed by atoms with Crippen LogP contribution in [0.3, 0.4) is 0 Å². The molecule has 3 aromatic carbocycles. The quantitative estimate of drug-likeness (QED) is 0.352. The number of amides is 1. The highest BCUT2D eigenvalue weighted by Crippen LogP contribution is 2.26. The van der Waals surface area contributed by atoms with Gasteiger partial charge in [0.05, 0.1) is 22.6 Å². The molecule has 0 radical (unpaired) electrons. The number of rotatable bonds is 7. The van der Waals surface area contributed by atoms with Gasteiger partial charge >= 0.3 is 0 Å². The van der Waals surface area contributed by atoms with E-state index in [1.165, 1.54) is 0 Å². The van der Waals surface area contributed by atoms with Gasteiger partial charge in [0.15, 0.2) is 0 Å². The zero-order valence-electron chi connectivity index (χ0n) is 20.3. The Morgan fingerprint density at radius 1 is 0.971 bits per heavy atom. The highest BCUT2D eigenvalue weighted by molar-refractivity contribution is 5.94. The molecule has 0 aliphatic heterocycles. The van der Waals surface area contributed by atoms with Crippen molar-refractivity contribution in [3.8, 4) is 5.69 Å². The van der Waals surface area contributed by atoms with Gasteiger partial charge in [0, 0.05) is 12.1 Å². The molecule has 1 aromatic heterocycles. The Kier molecular flexibility index (Phi) is 6.92. The molecule has 5 nitrogen and oxygen atoms in total. The number of hydrogen-bond donors (Lipinski definition) is 0. The van der Waals surface area contributed by atoms with E-state index in [0.29, 0.717) is 28.8 Å². The molecule has 4 rings (SSSR count). The van der Waals surface area contributed by atoms with Crippen molar-refractivity contribution < 1.29 is 4.79 Å². The van der Waals surface area contributed by atoms with Crippen molar-refractivity contribution in [3.63, 3.8) is 0 Å². The fourth-order valence-electron chi connectivity index (χ4n) is 4.40. The van der Waals surface area contributed by atoms with Gasteiger partial charge in [-0.1, -0.05) is 61.9 Å². The number of hydrogen-bond acceptors (Lipinski definition) is 3. The van der Waals surface area contributed by atoms with Crippen LogP contribution >= 0.6 is 0 Å². The second kappa shape index (κ2) is 10.0. The molecular formula is C29H31N3O2. The number of aromatic nitrogens is 2. The minimum atomic E-state index is -0.407. The fourth-order valence-corrected chi connectivity index (χ4v) is 4.40. The van der Waals surface area contributed by atoms with Gasteiger partial charge in [-0.15, -0.1) is 0 Å². The maximum absolute atomic E-state index is 13.8. The zero-order chi connectivity index (χ0) is 24.2. The molecule has 4 aromatic rings. The average Bonchev–Trinajstić information content (AvgIpc) is 2.87. The van der Waals surface area contributed by atoms with E-state index in [2.05, 4.69) is 13.8 Å². The maximum Gasteiger partial charge on any atom is 0.266 e. The van der Waals surface area contributed by atoms with Crippen LogP contribution in [0.25, 0.3) is 16.6 Å². The second-order valence-corrected chi connectivity index (χ2v) is 8.65. The third-order valence-electron chi connectivity index (χ3n) is 6.28. The third kappa shape index (κ3) is 4.38. The topological polar surface area (TPSA) is 55.2 Å². The van der Waals surface area contributed by atoms with Crippen molar-refractivity contribution in [1.82, 2.24) is 14.5 Å². The summed E-state index contributed by atoms with van der Waals surface area (Å²) in [6.07, 6.45) is 1.58. The van der Waals surface area contributed by atoms with Crippen LogP contribution in [0.1, 0.15) is 60.5 Å². The van der Waals surface area contributed by atoms with Crippen LogP contribution in [0.15, 0.2) is 77.6 Å². The molecule has 0 fully saturated rings. The first-order valence-corrected chi connectivity index (χ1v) is 11.9. The normalized spacial score (nSPS) is 12.0. The molecule has 0 aliphatic carbocycles. The Hall–Kier alpha value is -3.73. The van der Waals surface area contributed by atoms with Gasteiger partial charge in [-0.25, -0.2) is 4.98 Å². The summed E-state index contributed by atoms with van der Waals surface area (Å²) in [7, 11) is 0. The summed E-state index contributed by atoms with van der Waals surface area (Å²) in [5.41, 5.74) is 4.13. The van der Waals surface area contributed by atoms with Gasteiger partial charge < -0.3 is 4.90 Å². The minimum Gasteiger partial charge on any atom is -0.329 e. The lowest BCUT2D eigenvalue weighted by molar-refractivity contribution is 0.0681.